The van der Waals surface area contributed by atoms with Crippen molar-refractivity contribution >= 4 is 5.69 Å². The van der Waals surface area contributed by atoms with Crippen LogP contribution in [0.1, 0.15) is 45.1 Å². The molecule has 0 radical (unpaired) electrons. The van der Waals surface area contributed by atoms with E-state index in [9.17, 15) is 0 Å². The summed E-state index contributed by atoms with van der Waals surface area (Å²) in [6.45, 7) is 5.38. The lowest BCUT2D eigenvalue weighted by Crippen LogP contribution is -2.20. The predicted octanol–water partition coefficient (Wildman–Crippen LogP) is 3.60. The molecule has 102 valence electrons. The minimum absolute atomic E-state index is 0.840. The summed E-state index contributed by atoms with van der Waals surface area (Å²) in [6, 6.07) is 7.96. The molecular formula is C16H28N2. The molecule has 2 rings (SSSR count). The third kappa shape index (κ3) is 5.54. The molecule has 0 atom stereocenters. The Hall–Kier alpha value is -1.02. The zero-order valence-corrected chi connectivity index (χ0v) is 11.9. The first-order valence-electron chi connectivity index (χ1n) is 7.20. The van der Waals surface area contributed by atoms with Crippen LogP contribution in [0, 0.1) is 11.8 Å². The second-order valence-electron chi connectivity index (χ2n) is 5.46. The molecule has 1 saturated carbocycles. The molecule has 2 nitrogen and oxygen atoms in total. The van der Waals surface area contributed by atoms with Crippen LogP contribution in [0.2, 0.25) is 0 Å². The number of nitrogen functional groups attached to an aromatic ring is 1. The summed E-state index contributed by atoms with van der Waals surface area (Å²) in [7, 11) is 0. The van der Waals surface area contributed by atoms with Gasteiger partial charge in [-0.2, -0.15) is 0 Å². The maximum absolute atomic E-state index is 5.55. The van der Waals surface area contributed by atoms with Crippen molar-refractivity contribution in [2.24, 2.45) is 17.6 Å². The fourth-order valence-electron chi connectivity index (χ4n) is 2.32. The van der Waals surface area contributed by atoms with Crippen molar-refractivity contribution in [3.63, 3.8) is 0 Å². The molecule has 1 aromatic rings. The smallest absolute Gasteiger partial charge is 0.0314 e. The predicted molar refractivity (Wildman–Crippen MR) is 80.4 cm³/mol. The maximum atomic E-state index is 5.55. The quantitative estimate of drug-likeness (QED) is 0.786. The van der Waals surface area contributed by atoms with E-state index in [2.05, 4.69) is 26.0 Å². The van der Waals surface area contributed by atoms with Crippen molar-refractivity contribution in [1.82, 2.24) is 0 Å². The van der Waals surface area contributed by atoms with Gasteiger partial charge in [0.05, 0.1) is 0 Å². The van der Waals surface area contributed by atoms with E-state index in [1.807, 2.05) is 12.1 Å². The monoisotopic (exact) mass is 248 g/mol. The molecule has 0 aromatic heterocycles. The molecule has 0 aliphatic heterocycles. The highest BCUT2D eigenvalue weighted by Crippen LogP contribution is 2.27. The number of anilines is 1. The van der Waals surface area contributed by atoms with Crippen molar-refractivity contribution < 1.29 is 0 Å². The van der Waals surface area contributed by atoms with Crippen molar-refractivity contribution in [3.8, 4) is 0 Å². The number of aryl methyl sites for hydroxylation is 1. The van der Waals surface area contributed by atoms with Crippen molar-refractivity contribution in [1.29, 1.82) is 0 Å². The lowest BCUT2D eigenvalue weighted by atomic mass is 9.83. The largest absolute Gasteiger partial charge is 0.399 e. The van der Waals surface area contributed by atoms with Crippen LogP contribution in [0.25, 0.3) is 0 Å². The molecule has 1 fully saturated rings. The van der Waals surface area contributed by atoms with Crippen LogP contribution in [-0.2, 0) is 6.42 Å². The first kappa shape index (κ1) is 15.0. The second kappa shape index (κ2) is 8.15. The number of hydrogen-bond donors (Lipinski definition) is 2. The van der Waals surface area contributed by atoms with Gasteiger partial charge in [0.25, 0.3) is 0 Å². The molecule has 1 aromatic carbocycles. The molecule has 0 spiro atoms. The van der Waals surface area contributed by atoms with E-state index in [1.165, 1.54) is 31.2 Å². The van der Waals surface area contributed by atoms with E-state index >= 15 is 0 Å². The number of benzene rings is 1. The van der Waals surface area contributed by atoms with E-state index in [-0.39, 0.29) is 0 Å². The fraction of sp³-hybridized carbons (Fsp3) is 0.625. The summed E-state index contributed by atoms with van der Waals surface area (Å²) in [6.07, 6.45) is 6.64. The molecule has 2 heteroatoms. The van der Waals surface area contributed by atoms with Gasteiger partial charge in [0.1, 0.15) is 0 Å². The van der Waals surface area contributed by atoms with Gasteiger partial charge in [-0.3, -0.25) is 0 Å². The highest BCUT2D eigenvalue weighted by molar-refractivity contribution is 5.39. The summed E-state index contributed by atoms with van der Waals surface area (Å²) in [5.41, 5.74) is 13.2. The fourth-order valence-corrected chi connectivity index (χ4v) is 2.32. The van der Waals surface area contributed by atoms with E-state index in [0.717, 1.165) is 30.5 Å². The normalized spacial score (nSPS) is 23.1. The summed E-state index contributed by atoms with van der Waals surface area (Å²) in [5.74, 6) is 1.81. The van der Waals surface area contributed by atoms with Crippen LogP contribution in [0.4, 0.5) is 5.69 Å². The molecule has 0 unspecified atom stereocenters. The molecule has 1 aliphatic carbocycles. The zero-order chi connectivity index (χ0) is 13.4. The van der Waals surface area contributed by atoms with E-state index in [1.54, 1.807) is 0 Å². The first-order chi connectivity index (χ1) is 8.65. The van der Waals surface area contributed by atoms with E-state index in [4.69, 9.17) is 11.5 Å². The minimum Gasteiger partial charge on any atom is -0.399 e. The molecule has 0 saturated heterocycles. The topological polar surface area (TPSA) is 52.0 Å². The molecule has 0 heterocycles. The Bertz CT molecular complexity index is 310. The van der Waals surface area contributed by atoms with Gasteiger partial charge >= 0.3 is 0 Å². The van der Waals surface area contributed by atoms with Gasteiger partial charge < -0.3 is 11.5 Å². The Morgan fingerprint density at radius 1 is 1.06 bits per heavy atom. The first-order valence-corrected chi connectivity index (χ1v) is 7.20. The van der Waals surface area contributed by atoms with E-state index < -0.39 is 0 Å². The Labute approximate surface area is 112 Å². The molecule has 1 aliphatic rings. The number of nitrogens with two attached hydrogens (primary N) is 2. The third-order valence-electron chi connectivity index (χ3n) is 3.86. The molecular weight excluding hydrogens is 220 g/mol. The standard InChI is InChI=1S/C8H17N.C8H11N/c1-7-2-4-8(6-9)5-3-7;1-2-7-3-5-8(9)6-4-7/h7-8H,2-6,9H2,1H3;3-6H,2,9H2,1H3. The Kier molecular flexibility index (Phi) is 6.81. The van der Waals surface area contributed by atoms with Crippen molar-refractivity contribution in [3.05, 3.63) is 29.8 Å². The zero-order valence-electron chi connectivity index (χ0n) is 11.9. The average Bonchev–Trinajstić information content (AvgIpc) is 2.41. The molecule has 4 N–H and O–H groups in total. The van der Waals surface area contributed by atoms with E-state index in [0.29, 0.717) is 0 Å². The van der Waals surface area contributed by atoms with Crippen LogP contribution in [0.5, 0.6) is 0 Å². The highest BCUT2D eigenvalue weighted by atomic mass is 14.5. The van der Waals surface area contributed by atoms with Crippen LogP contribution in [0.15, 0.2) is 24.3 Å². The van der Waals surface area contributed by atoms with Crippen LogP contribution < -0.4 is 11.5 Å². The minimum atomic E-state index is 0.840. The summed E-state index contributed by atoms with van der Waals surface area (Å²) < 4.78 is 0. The van der Waals surface area contributed by atoms with Crippen LogP contribution in [0.3, 0.4) is 0 Å². The number of rotatable bonds is 2. The van der Waals surface area contributed by atoms with Crippen LogP contribution in [-0.4, -0.2) is 6.54 Å². The van der Waals surface area contributed by atoms with Gasteiger partial charge in [-0.05, 0) is 55.3 Å². The maximum Gasteiger partial charge on any atom is 0.0314 e. The van der Waals surface area contributed by atoms with Gasteiger partial charge in [0, 0.05) is 5.69 Å². The summed E-state index contributed by atoms with van der Waals surface area (Å²) in [4.78, 5) is 0. The van der Waals surface area contributed by atoms with Gasteiger partial charge in [-0.1, -0.05) is 38.8 Å². The van der Waals surface area contributed by atoms with Gasteiger partial charge in [-0.25, -0.2) is 0 Å². The van der Waals surface area contributed by atoms with Crippen molar-refractivity contribution in [2.45, 2.75) is 46.0 Å². The Morgan fingerprint density at radius 2 is 1.61 bits per heavy atom. The van der Waals surface area contributed by atoms with Gasteiger partial charge in [-0.15, -0.1) is 0 Å². The lowest BCUT2D eigenvalue weighted by molar-refractivity contribution is 0.296. The molecule has 18 heavy (non-hydrogen) atoms. The third-order valence-corrected chi connectivity index (χ3v) is 3.86. The highest BCUT2D eigenvalue weighted by Gasteiger charge is 2.15. The van der Waals surface area contributed by atoms with Gasteiger partial charge in [0.15, 0.2) is 0 Å². The Balaban J connectivity index is 0.000000180. The molecule has 0 bridgehead atoms. The number of hydrogen-bond acceptors (Lipinski definition) is 2. The SMILES string of the molecule is CC1CCC(CN)CC1.CCc1ccc(N)cc1. The molecule has 0 amide bonds. The summed E-state index contributed by atoms with van der Waals surface area (Å²) in [5, 5.41) is 0. The lowest BCUT2D eigenvalue weighted by Gasteiger charge is -2.24. The Morgan fingerprint density at radius 3 is 2.06 bits per heavy atom. The second-order valence-corrected chi connectivity index (χ2v) is 5.46. The van der Waals surface area contributed by atoms with Crippen LogP contribution >= 0.6 is 0 Å². The van der Waals surface area contributed by atoms with Crippen molar-refractivity contribution in [2.75, 3.05) is 12.3 Å². The summed E-state index contributed by atoms with van der Waals surface area (Å²) >= 11 is 0. The van der Waals surface area contributed by atoms with Gasteiger partial charge in [0.2, 0.25) is 0 Å². The average molecular weight is 248 g/mol.